The predicted molar refractivity (Wildman–Crippen MR) is 52.0 cm³/mol. The van der Waals surface area contributed by atoms with Crippen LogP contribution in [0, 0.1) is 0 Å². The monoisotopic (exact) mass is 200 g/mol. The maximum absolute atomic E-state index is 11.1. The molecule has 14 heavy (non-hydrogen) atoms. The van der Waals surface area contributed by atoms with Crippen LogP contribution in [-0.4, -0.2) is 55.0 Å². The largest absolute Gasteiger partial charge is 0.389 e. The lowest BCUT2D eigenvalue weighted by Crippen LogP contribution is -2.37. The van der Waals surface area contributed by atoms with Gasteiger partial charge in [-0.3, -0.25) is 0 Å². The van der Waals surface area contributed by atoms with Gasteiger partial charge < -0.3 is 20.1 Å². The van der Waals surface area contributed by atoms with E-state index in [2.05, 4.69) is 11.9 Å². The Morgan fingerprint density at radius 2 is 2.57 bits per heavy atom. The molecule has 2 amide bonds. The fourth-order valence-corrected chi connectivity index (χ4v) is 1.28. The summed E-state index contributed by atoms with van der Waals surface area (Å²) in [4.78, 5) is 12.7. The lowest BCUT2D eigenvalue weighted by atomic mass is 10.3. The van der Waals surface area contributed by atoms with E-state index in [4.69, 9.17) is 4.74 Å². The second-order valence-electron chi connectivity index (χ2n) is 3.16. The van der Waals surface area contributed by atoms with Gasteiger partial charge in [-0.25, -0.2) is 4.79 Å². The third-order valence-corrected chi connectivity index (χ3v) is 1.92. The van der Waals surface area contributed by atoms with Crippen LogP contribution in [0.4, 0.5) is 4.79 Å². The van der Waals surface area contributed by atoms with Crippen molar-refractivity contribution in [3.05, 3.63) is 12.7 Å². The molecule has 5 nitrogen and oxygen atoms in total. The van der Waals surface area contributed by atoms with E-state index in [9.17, 15) is 9.90 Å². The zero-order chi connectivity index (χ0) is 10.4. The number of β-amino-alcohol motifs (C(OH)–C–C–N with tert-alkyl or cyclic N) is 1. The molecule has 0 radical (unpaired) electrons. The fraction of sp³-hybridized carbons (Fsp3) is 0.667. The minimum absolute atomic E-state index is 0.118. The van der Waals surface area contributed by atoms with Gasteiger partial charge in [0.25, 0.3) is 0 Å². The number of aliphatic hydroxyl groups is 1. The zero-order valence-electron chi connectivity index (χ0n) is 8.11. The predicted octanol–water partition coefficient (Wildman–Crippen LogP) is -0.425. The molecule has 1 saturated heterocycles. The van der Waals surface area contributed by atoms with E-state index in [-0.39, 0.29) is 12.6 Å². The van der Waals surface area contributed by atoms with Gasteiger partial charge in [-0.2, -0.15) is 0 Å². The summed E-state index contributed by atoms with van der Waals surface area (Å²) in [5.74, 6) is 0. The van der Waals surface area contributed by atoms with E-state index in [0.717, 1.165) is 0 Å². The number of carbonyl (C=O) groups is 1. The third-order valence-electron chi connectivity index (χ3n) is 1.92. The fourth-order valence-electron chi connectivity index (χ4n) is 1.28. The van der Waals surface area contributed by atoms with Crippen molar-refractivity contribution in [1.82, 2.24) is 10.2 Å². The highest BCUT2D eigenvalue weighted by Crippen LogP contribution is 1.99. The molecule has 1 rings (SSSR count). The molecule has 0 bridgehead atoms. The van der Waals surface area contributed by atoms with Crippen molar-refractivity contribution in [3.8, 4) is 0 Å². The van der Waals surface area contributed by atoms with E-state index in [1.165, 1.54) is 0 Å². The summed E-state index contributed by atoms with van der Waals surface area (Å²) in [5, 5.41) is 12.1. The Hall–Kier alpha value is -1.07. The van der Waals surface area contributed by atoms with Gasteiger partial charge >= 0.3 is 6.03 Å². The van der Waals surface area contributed by atoms with Gasteiger partial charge in [0, 0.05) is 13.1 Å². The van der Waals surface area contributed by atoms with Crippen LogP contribution in [0.3, 0.4) is 0 Å². The molecule has 0 aromatic heterocycles. The van der Waals surface area contributed by atoms with Crippen LogP contribution in [0.1, 0.15) is 0 Å². The van der Waals surface area contributed by atoms with Crippen molar-refractivity contribution >= 4 is 6.03 Å². The zero-order valence-corrected chi connectivity index (χ0v) is 8.11. The molecule has 2 N–H and O–H groups in total. The SMILES string of the molecule is C=CCOCC(O)CN1CCNC1=O. The molecule has 5 heteroatoms. The number of rotatable bonds is 6. The van der Waals surface area contributed by atoms with E-state index in [1.54, 1.807) is 11.0 Å². The van der Waals surface area contributed by atoms with E-state index in [1.807, 2.05) is 0 Å². The standard InChI is InChI=1S/C9H16N2O3/c1-2-5-14-7-8(12)6-11-4-3-10-9(11)13/h2,8,12H,1,3-7H2,(H,10,13). The molecule has 1 aliphatic heterocycles. The van der Waals surface area contributed by atoms with Gasteiger partial charge in [0.1, 0.15) is 0 Å². The van der Waals surface area contributed by atoms with Crippen molar-refractivity contribution < 1.29 is 14.6 Å². The van der Waals surface area contributed by atoms with Crippen LogP contribution in [0.2, 0.25) is 0 Å². The quantitative estimate of drug-likeness (QED) is 0.452. The van der Waals surface area contributed by atoms with Crippen LogP contribution in [0.5, 0.6) is 0 Å². The van der Waals surface area contributed by atoms with Gasteiger partial charge in [0.2, 0.25) is 0 Å². The number of carbonyl (C=O) groups excluding carboxylic acids is 1. The normalized spacial score (nSPS) is 18.1. The summed E-state index contributed by atoms with van der Waals surface area (Å²) in [5.41, 5.74) is 0. The number of hydrogen-bond donors (Lipinski definition) is 2. The lowest BCUT2D eigenvalue weighted by Gasteiger charge is -2.18. The molecule has 0 aromatic carbocycles. The topological polar surface area (TPSA) is 61.8 Å². The first-order valence-electron chi connectivity index (χ1n) is 4.63. The molecular formula is C9H16N2O3. The number of hydrogen-bond acceptors (Lipinski definition) is 3. The average Bonchev–Trinajstić information content (AvgIpc) is 2.52. The highest BCUT2D eigenvalue weighted by atomic mass is 16.5. The van der Waals surface area contributed by atoms with Gasteiger partial charge in [-0.05, 0) is 0 Å². The summed E-state index contributed by atoms with van der Waals surface area (Å²) in [6, 6.07) is -0.118. The highest BCUT2D eigenvalue weighted by molar-refractivity contribution is 5.76. The number of aliphatic hydroxyl groups excluding tert-OH is 1. The highest BCUT2D eigenvalue weighted by Gasteiger charge is 2.21. The molecule has 0 spiro atoms. The minimum atomic E-state index is -0.626. The van der Waals surface area contributed by atoms with Crippen LogP contribution in [0.15, 0.2) is 12.7 Å². The first-order chi connectivity index (χ1) is 6.74. The number of nitrogens with zero attached hydrogens (tertiary/aromatic N) is 1. The second-order valence-corrected chi connectivity index (χ2v) is 3.16. The molecule has 0 aromatic rings. The van der Waals surface area contributed by atoms with Gasteiger partial charge in [-0.15, -0.1) is 6.58 Å². The Balaban J connectivity index is 2.15. The molecule has 1 atom stereocenters. The maximum Gasteiger partial charge on any atom is 0.317 e. The van der Waals surface area contributed by atoms with Crippen LogP contribution in [0.25, 0.3) is 0 Å². The summed E-state index contributed by atoms with van der Waals surface area (Å²) < 4.78 is 5.06. The van der Waals surface area contributed by atoms with Crippen molar-refractivity contribution in [1.29, 1.82) is 0 Å². The van der Waals surface area contributed by atoms with E-state index in [0.29, 0.717) is 26.2 Å². The number of amides is 2. The Bertz CT molecular complexity index is 208. The van der Waals surface area contributed by atoms with Gasteiger partial charge in [0.05, 0.1) is 25.9 Å². The summed E-state index contributed by atoms with van der Waals surface area (Å²) in [6.45, 7) is 5.77. The van der Waals surface area contributed by atoms with Crippen LogP contribution < -0.4 is 5.32 Å². The molecule has 1 aliphatic rings. The lowest BCUT2D eigenvalue weighted by molar-refractivity contribution is 0.0357. The Kier molecular flexibility index (Phi) is 4.42. The van der Waals surface area contributed by atoms with Gasteiger partial charge in [0.15, 0.2) is 0 Å². The van der Waals surface area contributed by atoms with Crippen molar-refractivity contribution in [2.45, 2.75) is 6.10 Å². The number of ether oxygens (including phenoxy) is 1. The minimum Gasteiger partial charge on any atom is -0.389 e. The Morgan fingerprint density at radius 1 is 1.79 bits per heavy atom. The van der Waals surface area contributed by atoms with Crippen LogP contribution in [-0.2, 0) is 4.74 Å². The summed E-state index contributed by atoms with van der Waals surface area (Å²) in [7, 11) is 0. The molecule has 1 unspecified atom stereocenters. The van der Waals surface area contributed by atoms with Gasteiger partial charge in [-0.1, -0.05) is 6.08 Å². The Labute approximate surface area is 83.3 Å². The van der Waals surface area contributed by atoms with E-state index >= 15 is 0 Å². The maximum atomic E-state index is 11.1. The van der Waals surface area contributed by atoms with Crippen LogP contribution >= 0.6 is 0 Å². The van der Waals surface area contributed by atoms with Crippen molar-refractivity contribution in [2.75, 3.05) is 32.8 Å². The average molecular weight is 200 g/mol. The van der Waals surface area contributed by atoms with E-state index < -0.39 is 6.10 Å². The third kappa shape index (κ3) is 3.35. The molecule has 0 saturated carbocycles. The first-order valence-corrected chi connectivity index (χ1v) is 4.63. The molecule has 0 aliphatic carbocycles. The van der Waals surface area contributed by atoms with Crippen molar-refractivity contribution in [3.63, 3.8) is 0 Å². The molecule has 80 valence electrons. The number of urea groups is 1. The molecule has 1 fully saturated rings. The second kappa shape index (κ2) is 5.62. The summed E-state index contributed by atoms with van der Waals surface area (Å²) >= 11 is 0. The Morgan fingerprint density at radius 3 is 3.14 bits per heavy atom. The molecular weight excluding hydrogens is 184 g/mol. The summed E-state index contributed by atoms with van der Waals surface area (Å²) in [6.07, 6.45) is 0.994. The van der Waals surface area contributed by atoms with Crippen molar-refractivity contribution in [2.24, 2.45) is 0 Å². The number of nitrogens with one attached hydrogen (secondary N) is 1. The first kappa shape index (κ1) is 11.0. The smallest absolute Gasteiger partial charge is 0.317 e. The molecule has 1 heterocycles.